The van der Waals surface area contributed by atoms with E-state index in [1.807, 2.05) is 44.2 Å². The first-order valence-corrected chi connectivity index (χ1v) is 9.60. The molecule has 0 aliphatic heterocycles. The van der Waals surface area contributed by atoms with Crippen LogP contribution in [0.1, 0.15) is 29.9 Å². The molecule has 0 unspecified atom stereocenters. The van der Waals surface area contributed by atoms with Crippen LogP contribution in [0.5, 0.6) is 5.75 Å². The van der Waals surface area contributed by atoms with Crippen LogP contribution in [-0.2, 0) is 6.61 Å². The molecular formula is C21H21FN2O2S. The number of benzene rings is 2. The monoisotopic (exact) mass is 384 g/mol. The van der Waals surface area contributed by atoms with E-state index in [9.17, 15) is 9.18 Å². The molecule has 140 valence electrons. The second-order valence-electron chi connectivity index (χ2n) is 6.58. The van der Waals surface area contributed by atoms with Crippen molar-refractivity contribution in [2.75, 3.05) is 6.54 Å². The van der Waals surface area contributed by atoms with Crippen LogP contribution in [0, 0.1) is 11.7 Å². The maximum absolute atomic E-state index is 13.2. The van der Waals surface area contributed by atoms with Crippen LogP contribution in [0.3, 0.4) is 0 Å². The number of amides is 1. The second-order valence-corrected chi connectivity index (χ2v) is 7.44. The molecule has 0 atom stereocenters. The first-order valence-electron chi connectivity index (χ1n) is 8.72. The largest absolute Gasteiger partial charge is 0.489 e. The van der Waals surface area contributed by atoms with Crippen molar-refractivity contribution in [3.05, 3.63) is 71.0 Å². The topological polar surface area (TPSA) is 51.2 Å². The molecule has 0 radical (unpaired) electrons. The molecule has 0 aliphatic carbocycles. The fraction of sp³-hybridized carbons (Fsp3) is 0.238. The Morgan fingerprint density at radius 1 is 1.22 bits per heavy atom. The smallest absolute Gasteiger partial charge is 0.270 e. The minimum absolute atomic E-state index is 0.152. The Morgan fingerprint density at radius 3 is 2.70 bits per heavy atom. The normalized spacial score (nSPS) is 10.8. The van der Waals surface area contributed by atoms with E-state index in [-0.39, 0.29) is 11.7 Å². The highest BCUT2D eigenvalue weighted by atomic mass is 32.1. The van der Waals surface area contributed by atoms with Gasteiger partial charge in [0.1, 0.15) is 28.9 Å². The first kappa shape index (κ1) is 19.0. The van der Waals surface area contributed by atoms with Gasteiger partial charge < -0.3 is 10.1 Å². The summed E-state index contributed by atoms with van der Waals surface area (Å²) >= 11 is 1.43. The van der Waals surface area contributed by atoms with Crippen molar-refractivity contribution in [3.63, 3.8) is 0 Å². The number of nitrogens with zero attached hydrogens (tertiary/aromatic N) is 1. The Morgan fingerprint density at radius 2 is 2.00 bits per heavy atom. The van der Waals surface area contributed by atoms with E-state index in [1.165, 1.54) is 23.5 Å². The predicted octanol–water partition coefficient (Wildman–Crippen LogP) is 4.91. The second kappa shape index (κ2) is 8.77. The zero-order chi connectivity index (χ0) is 19.2. The molecule has 6 heteroatoms. The standard InChI is InChI=1S/C21H21FN2O2S/c1-14(2)11-23-20(25)19-13-27-21(24-19)16-6-8-18(9-7-16)26-12-15-4-3-5-17(22)10-15/h3-10,13-14H,11-12H2,1-2H3,(H,23,25). The van der Waals surface area contributed by atoms with E-state index < -0.39 is 0 Å². The summed E-state index contributed by atoms with van der Waals surface area (Å²) in [5.41, 5.74) is 2.12. The lowest BCUT2D eigenvalue weighted by Crippen LogP contribution is -2.27. The first-order chi connectivity index (χ1) is 13.0. The Kier molecular flexibility index (Phi) is 6.19. The molecule has 1 aromatic heterocycles. The highest BCUT2D eigenvalue weighted by Crippen LogP contribution is 2.26. The van der Waals surface area contributed by atoms with Crippen LogP contribution in [0.4, 0.5) is 4.39 Å². The van der Waals surface area contributed by atoms with Gasteiger partial charge in [0.15, 0.2) is 0 Å². The van der Waals surface area contributed by atoms with Gasteiger partial charge in [0.05, 0.1) is 0 Å². The molecule has 0 spiro atoms. The minimum atomic E-state index is -0.275. The Bertz CT molecular complexity index is 907. The van der Waals surface area contributed by atoms with Crippen LogP contribution in [0.25, 0.3) is 10.6 Å². The van der Waals surface area contributed by atoms with Gasteiger partial charge in [-0.15, -0.1) is 11.3 Å². The lowest BCUT2D eigenvalue weighted by Gasteiger charge is -2.07. The van der Waals surface area contributed by atoms with Gasteiger partial charge in [-0.2, -0.15) is 0 Å². The molecule has 0 bridgehead atoms. The number of hydrogen-bond acceptors (Lipinski definition) is 4. The van der Waals surface area contributed by atoms with E-state index in [0.717, 1.165) is 16.1 Å². The molecule has 27 heavy (non-hydrogen) atoms. The SMILES string of the molecule is CC(C)CNC(=O)c1csc(-c2ccc(OCc3cccc(F)c3)cc2)n1. The maximum Gasteiger partial charge on any atom is 0.270 e. The molecule has 0 fully saturated rings. The zero-order valence-corrected chi connectivity index (χ0v) is 16.1. The molecule has 1 amide bonds. The molecule has 0 saturated heterocycles. The zero-order valence-electron chi connectivity index (χ0n) is 15.2. The van der Waals surface area contributed by atoms with E-state index in [2.05, 4.69) is 10.3 Å². The summed E-state index contributed by atoms with van der Waals surface area (Å²) in [4.78, 5) is 16.5. The number of hydrogen-bond donors (Lipinski definition) is 1. The molecule has 3 rings (SSSR count). The third-order valence-corrected chi connectivity index (χ3v) is 4.69. The van der Waals surface area contributed by atoms with Crippen molar-refractivity contribution in [3.8, 4) is 16.3 Å². The summed E-state index contributed by atoms with van der Waals surface area (Å²) in [6.45, 7) is 5.02. The molecule has 3 aromatic rings. The number of aromatic nitrogens is 1. The van der Waals surface area contributed by atoms with Crippen molar-refractivity contribution in [1.82, 2.24) is 10.3 Å². The van der Waals surface area contributed by atoms with Gasteiger partial charge in [-0.05, 0) is 47.9 Å². The Labute approximate surface area is 162 Å². The van der Waals surface area contributed by atoms with Gasteiger partial charge in [-0.3, -0.25) is 4.79 Å². The summed E-state index contributed by atoms with van der Waals surface area (Å²) in [7, 11) is 0. The Balaban J connectivity index is 1.61. The van der Waals surface area contributed by atoms with Crippen molar-refractivity contribution >= 4 is 17.2 Å². The van der Waals surface area contributed by atoms with Crippen molar-refractivity contribution in [2.45, 2.75) is 20.5 Å². The minimum Gasteiger partial charge on any atom is -0.489 e. The van der Waals surface area contributed by atoms with Crippen LogP contribution in [0.15, 0.2) is 53.9 Å². The lowest BCUT2D eigenvalue weighted by molar-refractivity contribution is 0.0945. The third-order valence-electron chi connectivity index (χ3n) is 3.80. The number of carbonyl (C=O) groups is 1. The van der Waals surface area contributed by atoms with Crippen LogP contribution < -0.4 is 10.1 Å². The van der Waals surface area contributed by atoms with E-state index in [4.69, 9.17) is 4.74 Å². The number of thiazole rings is 1. The van der Waals surface area contributed by atoms with Gasteiger partial charge in [-0.1, -0.05) is 26.0 Å². The number of halogens is 1. The third kappa shape index (κ3) is 5.37. The maximum atomic E-state index is 13.2. The highest BCUT2D eigenvalue weighted by Gasteiger charge is 2.12. The molecule has 4 nitrogen and oxygen atoms in total. The number of nitrogens with one attached hydrogen (secondary N) is 1. The number of carbonyl (C=O) groups excluding carboxylic acids is 1. The molecule has 0 saturated carbocycles. The van der Waals surface area contributed by atoms with Crippen LogP contribution >= 0.6 is 11.3 Å². The van der Waals surface area contributed by atoms with E-state index in [0.29, 0.717) is 30.5 Å². The van der Waals surface area contributed by atoms with Crippen molar-refractivity contribution in [1.29, 1.82) is 0 Å². The van der Waals surface area contributed by atoms with Crippen LogP contribution in [-0.4, -0.2) is 17.4 Å². The van der Waals surface area contributed by atoms with Gasteiger partial charge in [-0.25, -0.2) is 9.37 Å². The molecule has 1 heterocycles. The predicted molar refractivity (Wildman–Crippen MR) is 105 cm³/mol. The summed E-state index contributed by atoms with van der Waals surface area (Å²) in [6, 6.07) is 13.8. The summed E-state index contributed by atoms with van der Waals surface area (Å²) in [6.07, 6.45) is 0. The van der Waals surface area contributed by atoms with Crippen molar-refractivity contribution in [2.24, 2.45) is 5.92 Å². The molecule has 1 N–H and O–H groups in total. The van der Waals surface area contributed by atoms with Gasteiger partial charge in [0.25, 0.3) is 5.91 Å². The highest BCUT2D eigenvalue weighted by molar-refractivity contribution is 7.13. The summed E-state index contributed by atoms with van der Waals surface area (Å²) < 4.78 is 18.9. The van der Waals surface area contributed by atoms with Gasteiger partial charge in [0, 0.05) is 17.5 Å². The molecular weight excluding hydrogens is 363 g/mol. The van der Waals surface area contributed by atoms with Crippen molar-refractivity contribution < 1.29 is 13.9 Å². The number of rotatable bonds is 7. The van der Waals surface area contributed by atoms with Gasteiger partial charge >= 0.3 is 0 Å². The van der Waals surface area contributed by atoms with Gasteiger partial charge in [0.2, 0.25) is 0 Å². The summed E-state index contributed by atoms with van der Waals surface area (Å²) in [5.74, 6) is 0.658. The fourth-order valence-electron chi connectivity index (χ4n) is 2.39. The fourth-order valence-corrected chi connectivity index (χ4v) is 3.19. The van der Waals surface area contributed by atoms with E-state index in [1.54, 1.807) is 11.4 Å². The van der Waals surface area contributed by atoms with E-state index >= 15 is 0 Å². The average molecular weight is 384 g/mol. The van der Waals surface area contributed by atoms with Crippen LogP contribution in [0.2, 0.25) is 0 Å². The molecule has 2 aromatic carbocycles. The Hall–Kier alpha value is -2.73. The average Bonchev–Trinajstić information content (AvgIpc) is 3.15. The quantitative estimate of drug-likeness (QED) is 0.629. The summed E-state index contributed by atoms with van der Waals surface area (Å²) in [5, 5.41) is 5.41. The number of ether oxygens (including phenoxy) is 1. The molecule has 0 aliphatic rings. The lowest BCUT2D eigenvalue weighted by atomic mass is 10.2.